The second-order valence-electron chi connectivity index (χ2n) is 7.07. The van der Waals surface area contributed by atoms with Crippen molar-refractivity contribution in [2.75, 3.05) is 13.1 Å². The monoisotopic (exact) mass is 345 g/mol. The smallest absolute Gasteiger partial charge is 0.223 e. The minimum atomic E-state index is -0.242. The molecule has 4 heteroatoms. The van der Waals surface area contributed by atoms with E-state index in [0.29, 0.717) is 18.3 Å². The van der Waals surface area contributed by atoms with Crippen molar-refractivity contribution in [2.45, 2.75) is 32.6 Å². The first-order chi connectivity index (χ1) is 11.5. The van der Waals surface area contributed by atoms with Crippen LogP contribution in [0.2, 0.25) is 0 Å². The van der Waals surface area contributed by atoms with E-state index in [9.17, 15) is 9.18 Å². The molecule has 128 valence electrons. The number of nitrogens with zero attached hydrogens (tertiary/aromatic N) is 1. The minimum Gasteiger partial charge on any atom is -0.342 e. The Kier molecular flexibility index (Phi) is 5.34. The maximum absolute atomic E-state index is 13.3. The summed E-state index contributed by atoms with van der Waals surface area (Å²) in [6.07, 6.45) is 1.64. The van der Waals surface area contributed by atoms with E-state index in [4.69, 9.17) is 0 Å². The molecule has 24 heavy (non-hydrogen) atoms. The number of thiophene rings is 1. The van der Waals surface area contributed by atoms with Crippen LogP contribution in [-0.2, 0) is 4.79 Å². The summed E-state index contributed by atoms with van der Waals surface area (Å²) in [5.41, 5.74) is 1.00. The first-order valence-electron chi connectivity index (χ1n) is 8.59. The van der Waals surface area contributed by atoms with Gasteiger partial charge in [0.05, 0.1) is 0 Å². The van der Waals surface area contributed by atoms with Crippen molar-refractivity contribution >= 4 is 17.2 Å². The van der Waals surface area contributed by atoms with Crippen LogP contribution in [0.5, 0.6) is 0 Å². The van der Waals surface area contributed by atoms with Crippen LogP contribution in [-0.4, -0.2) is 23.9 Å². The van der Waals surface area contributed by atoms with Crippen LogP contribution in [0.25, 0.3) is 0 Å². The van der Waals surface area contributed by atoms with Gasteiger partial charge in [0.25, 0.3) is 0 Å². The number of hydrogen-bond acceptors (Lipinski definition) is 2. The molecule has 0 N–H and O–H groups in total. The van der Waals surface area contributed by atoms with Crippen LogP contribution in [0, 0.1) is 17.7 Å². The Balaban J connectivity index is 1.79. The minimum absolute atomic E-state index is 0.00522. The fraction of sp³-hybridized carbons (Fsp3) is 0.450. The molecule has 1 aromatic carbocycles. The van der Waals surface area contributed by atoms with E-state index in [1.165, 1.54) is 18.6 Å². The third-order valence-corrected chi connectivity index (χ3v) is 5.75. The van der Waals surface area contributed by atoms with Gasteiger partial charge < -0.3 is 4.90 Å². The average molecular weight is 345 g/mol. The molecule has 2 aromatic rings. The standard InChI is InChI=1S/C20H24FNOS/c1-14-10-15(2)13-22(12-14)20(23)11-18(19-4-3-9-24-19)16-5-7-17(21)8-6-16/h3-9,14-15,18H,10-13H2,1-2H3. The highest BCUT2D eigenvalue weighted by atomic mass is 32.1. The molecule has 1 aromatic heterocycles. The van der Waals surface area contributed by atoms with Crippen molar-refractivity contribution in [3.05, 3.63) is 58.0 Å². The highest BCUT2D eigenvalue weighted by Gasteiger charge is 2.28. The van der Waals surface area contributed by atoms with E-state index in [2.05, 4.69) is 19.9 Å². The van der Waals surface area contributed by atoms with Crippen molar-refractivity contribution in [3.63, 3.8) is 0 Å². The number of carbonyl (C=O) groups excluding carboxylic acids is 1. The molecule has 0 saturated carbocycles. The van der Waals surface area contributed by atoms with Crippen molar-refractivity contribution in [3.8, 4) is 0 Å². The molecular weight excluding hydrogens is 321 g/mol. The van der Waals surface area contributed by atoms with Crippen LogP contribution in [0.15, 0.2) is 41.8 Å². The maximum Gasteiger partial charge on any atom is 0.223 e. The first kappa shape index (κ1) is 17.2. The second kappa shape index (κ2) is 7.47. The quantitative estimate of drug-likeness (QED) is 0.771. The normalized spacial score (nSPS) is 22.4. The van der Waals surface area contributed by atoms with Gasteiger partial charge in [-0.25, -0.2) is 4.39 Å². The summed E-state index contributed by atoms with van der Waals surface area (Å²) in [6.45, 7) is 6.13. The third-order valence-electron chi connectivity index (χ3n) is 4.76. The van der Waals surface area contributed by atoms with Crippen molar-refractivity contribution in [1.29, 1.82) is 0 Å². The molecule has 1 aliphatic rings. The number of carbonyl (C=O) groups is 1. The summed E-state index contributed by atoms with van der Waals surface area (Å²) in [6, 6.07) is 10.6. The predicted octanol–water partition coefficient (Wildman–Crippen LogP) is 4.91. The number of rotatable bonds is 4. The number of benzene rings is 1. The van der Waals surface area contributed by atoms with Crippen LogP contribution in [0.1, 0.15) is 43.0 Å². The summed E-state index contributed by atoms with van der Waals surface area (Å²) >= 11 is 1.66. The second-order valence-corrected chi connectivity index (χ2v) is 8.05. The van der Waals surface area contributed by atoms with Gasteiger partial charge in [-0.05, 0) is 47.4 Å². The zero-order valence-electron chi connectivity index (χ0n) is 14.2. The molecule has 1 saturated heterocycles. The Labute approximate surface area is 147 Å². The Hall–Kier alpha value is -1.68. The lowest BCUT2D eigenvalue weighted by Crippen LogP contribution is -2.43. The van der Waals surface area contributed by atoms with E-state index in [1.807, 2.05) is 16.3 Å². The summed E-state index contributed by atoms with van der Waals surface area (Å²) < 4.78 is 13.3. The van der Waals surface area contributed by atoms with Crippen molar-refractivity contribution in [1.82, 2.24) is 4.90 Å². The molecule has 3 rings (SSSR count). The Bertz CT molecular complexity index is 657. The van der Waals surface area contributed by atoms with Gasteiger partial charge in [0, 0.05) is 30.3 Å². The van der Waals surface area contributed by atoms with Gasteiger partial charge in [-0.1, -0.05) is 32.0 Å². The Morgan fingerprint density at radius 3 is 2.46 bits per heavy atom. The van der Waals surface area contributed by atoms with Crippen molar-refractivity contribution in [2.24, 2.45) is 11.8 Å². The van der Waals surface area contributed by atoms with E-state index in [-0.39, 0.29) is 17.6 Å². The maximum atomic E-state index is 13.3. The fourth-order valence-corrected chi connectivity index (χ4v) is 4.59. The predicted molar refractivity (Wildman–Crippen MR) is 96.7 cm³/mol. The Morgan fingerprint density at radius 2 is 1.88 bits per heavy atom. The molecule has 1 amide bonds. The van der Waals surface area contributed by atoms with E-state index < -0.39 is 0 Å². The number of hydrogen-bond donors (Lipinski definition) is 0. The highest BCUT2D eigenvalue weighted by Crippen LogP contribution is 2.33. The molecule has 1 fully saturated rings. The SMILES string of the molecule is CC1CC(C)CN(C(=O)CC(c2ccc(F)cc2)c2cccs2)C1. The first-order valence-corrected chi connectivity index (χ1v) is 9.47. The number of likely N-dealkylation sites (tertiary alicyclic amines) is 1. The molecule has 2 nitrogen and oxygen atoms in total. The highest BCUT2D eigenvalue weighted by molar-refractivity contribution is 7.10. The summed E-state index contributed by atoms with van der Waals surface area (Å²) in [5, 5.41) is 2.03. The van der Waals surface area contributed by atoms with Gasteiger partial charge in [-0.2, -0.15) is 0 Å². The van der Waals surface area contributed by atoms with Gasteiger partial charge in [0.1, 0.15) is 5.82 Å². The molecule has 0 aliphatic carbocycles. The van der Waals surface area contributed by atoms with Gasteiger partial charge in [-0.3, -0.25) is 4.79 Å². The molecular formula is C20H24FNOS. The lowest BCUT2D eigenvalue weighted by atomic mass is 9.89. The molecule has 3 unspecified atom stereocenters. The summed E-state index contributed by atoms with van der Waals surface area (Å²) in [5.74, 6) is 1.09. The van der Waals surface area contributed by atoms with Gasteiger partial charge in [0.15, 0.2) is 0 Å². The van der Waals surface area contributed by atoms with E-state index in [0.717, 1.165) is 23.5 Å². The van der Waals surface area contributed by atoms with E-state index >= 15 is 0 Å². The topological polar surface area (TPSA) is 20.3 Å². The molecule has 0 spiro atoms. The molecule has 3 atom stereocenters. The zero-order valence-corrected chi connectivity index (χ0v) is 15.1. The number of halogens is 1. The van der Waals surface area contributed by atoms with Crippen LogP contribution in [0.4, 0.5) is 4.39 Å². The lowest BCUT2D eigenvalue weighted by molar-refractivity contribution is -0.134. The summed E-state index contributed by atoms with van der Waals surface area (Å²) in [7, 11) is 0. The fourth-order valence-electron chi connectivity index (χ4n) is 3.74. The summed E-state index contributed by atoms with van der Waals surface area (Å²) in [4.78, 5) is 16.1. The average Bonchev–Trinajstić information content (AvgIpc) is 3.06. The van der Waals surface area contributed by atoms with Crippen LogP contribution >= 0.6 is 11.3 Å². The number of amides is 1. The number of piperidine rings is 1. The molecule has 0 bridgehead atoms. The third kappa shape index (κ3) is 4.04. The van der Waals surface area contributed by atoms with Crippen LogP contribution < -0.4 is 0 Å². The van der Waals surface area contributed by atoms with Crippen molar-refractivity contribution < 1.29 is 9.18 Å². The van der Waals surface area contributed by atoms with E-state index in [1.54, 1.807) is 23.5 Å². The molecule has 0 radical (unpaired) electrons. The van der Waals surface area contributed by atoms with Crippen LogP contribution in [0.3, 0.4) is 0 Å². The Morgan fingerprint density at radius 1 is 1.21 bits per heavy atom. The van der Waals surface area contributed by atoms with Gasteiger partial charge in [-0.15, -0.1) is 11.3 Å². The van der Waals surface area contributed by atoms with Gasteiger partial charge in [0.2, 0.25) is 5.91 Å². The molecule has 1 aliphatic heterocycles. The molecule has 2 heterocycles. The van der Waals surface area contributed by atoms with Gasteiger partial charge >= 0.3 is 0 Å². The largest absolute Gasteiger partial charge is 0.342 e. The zero-order chi connectivity index (χ0) is 17.1. The lowest BCUT2D eigenvalue weighted by Gasteiger charge is -2.35.